The van der Waals surface area contributed by atoms with Crippen LogP contribution < -0.4 is 0 Å². The first-order chi connectivity index (χ1) is 7.52. The van der Waals surface area contributed by atoms with Crippen LogP contribution in [0, 0.1) is 0 Å². The molecule has 1 aliphatic heterocycles. The predicted molar refractivity (Wildman–Crippen MR) is 63.6 cm³/mol. The molecule has 1 amide bonds. The molecular weight excluding hydrogens is 228 g/mol. The summed E-state index contributed by atoms with van der Waals surface area (Å²) in [7, 11) is 3.92. The molecule has 0 aromatic heterocycles. The van der Waals surface area contributed by atoms with Crippen LogP contribution in [0.3, 0.4) is 0 Å². The van der Waals surface area contributed by atoms with E-state index in [1.807, 2.05) is 19.0 Å². The highest BCUT2D eigenvalue weighted by Crippen LogP contribution is 2.18. The fraction of sp³-hybridized carbons (Fsp3) is 0.800. The lowest BCUT2D eigenvalue weighted by Crippen LogP contribution is -2.51. The van der Waals surface area contributed by atoms with Crippen LogP contribution in [0.25, 0.3) is 0 Å². The highest BCUT2D eigenvalue weighted by molar-refractivity contribution is 8.00. The number of aliphatic carboxylic acids is 1. The maximum Gasteiger partial charge on any atom is 0.327 e. The summed E-state index contributed by atoms with van der Waals surface area (Å²) >= 11 is 1.40. The van der Waals surface area contributed by atoms with Gasteiger partial charge in [-0.25, -0.2) is 4.79 Å². The van der Waals surface area contributed by atoms with Gasteiger partial charge in [0.25, 0.3) is 0 Å². The van der Waals surface area contributed by atoms with E-state index in [1.165, 1.54) is 16.7 Å². The van der Waals surface area contributed by atoms with Gasteiger partial charge in [-0.2, -0.15) is 0 Å². The van der Waals surface area contributed by atoms with E-state index < -0.39 is 12.0 Å². The summed E-state index contributed by atoms with van der Waals surface area (Å²) in [6, 6.07) is -0.645. The number of hydrogen-bond donors (Lipinski definition) is 1. The van der Waals surface area contributed by atoms with Crippen LogP contribution in [0.1, 0.15) is 6.42 Å². The van der Waals surface area contributed by atoms with Crippen LogP contribution >= 0.6 is 11.8 Å². The first kappa shape index (κ1) is 13.3. The number of rotatable bonds is 5. The lowest BCUT2D eigenvalue weighted by molar-refractivity contribution is -0.148. The topological polar surface area (TPSA) is 60.9 Å². The molecule has 1 unspecified atom stereocenters. The van der Waals surface area contributed by atoms with Gasteiger partial charge in [0.2, 0.25) is 5.91 Å². The number of nitrogens with zero attached hydrogens (tertiary/aromatic N) is 2. The van der Waals surface area contributed by atoms with E-state index in [2.05, 4.69) is 0 Å². The van der Waals surface area contributed by atoms with Crippen molar-refractivity contribution in [2.24, 2.45) is 0 Å². The Hall–Kier alpha value is -0.750. The summed E-state index contributed by atoms with van der Waals surface area (Å²) in [4.78, 5) is 26.1. The molecule has 1 N–H and O–H groups in total. The van der Waals surface area contributed by atoms with E-state index in [9.17, 15) is 9.59 Å². The third-order valence-electron chi connectivity index (χ3n) is 2.49. The van der Waals surface area contributed by atoms with Crippen molar-refractivity contribution < 1.29 is 14.7 Å². The Bertz CT molecular complexity index is 271. The molecule has 0 saturated carbocycles. The second kappa shape index (κ2) is 6.10. The average Bonchev–Trinajstić information content (AvgIpc) is 2.19. The Balaban J connectivity index is 2.50. The number of carbonyl (C=O) groups is 2. The molecule has 0 aliphatic carbocycles. The van der Waals surface area contributed by atoms with E-state index in [4.69, 9.17) is 5.11 Å². The zero-order chi connectivity index (χ0) is 12.1. The van der Waals surface area contributed by atoms with E-state index in [-0.39, 0.29) is 5.91 Å². The van der Waals surface area contributed by atoms with Crippen LogP contribution in [0.15, 0.2) is 0 Å². The first-order valence-electron chi connectivity index (χ1n) is 5.27. The average molecular weight is 246 g/mol. The van der Waals surface area contributed by atoms with Crippen molar-refractivity contribution in [3.63, 3.8) is 0 Å². The number of hydrogen-bond acceptors (Lipinski definition) is 4. The second-order valence-corrected chi connectivity index (χ2v) is 5.14. The highest BCUT2D eigenvalue weighted by atomic mass is 32.2. The molecule has 1 saturated heterocycles. The van der Waals surface area contributed by atoms with Gasteiger partial charge in [0, 0.05) is 12.3 Å². The zero-order valence-electron chi connectivity index (χ0n) is 9.68. The monoisotopic (exact) mass is 246 g/mol. The van der Waals surface area contributed by atoms with Crippen molar-refractivity contribution >= 4 is 23.6 Å². The number of carbonyl (C=O) groups excluding carboxylic acids is 1. The smallest absolute Gasteiger partial charge is 0.327 e. The molecule has 16 heavy (non-hydrogen) atoms. The Kier molecular flexibility index (Phi) is 5.08. The molecular formula is C10H18N2O3S. The number of carboxylic acids is 1. The van der Waals surface area contributed by atoms with Gasteiger partial charge in [0.05, 0.1) is 5.75 Å². The number of carboxylic acid groups (broad SMARTS) is 1. The Morgan fingerprint density at radius 2 is 2.31 bits per heavy atom. The molecule has 0 radical (unpaired) electrons. The number of thioether (sulfide) groups is 1. The molecule has 0 bridgehead atoms. The minimum atomic E-state index is -0.898. The van der Waals surface area contributed by atoms with Crippen molar-refractivity contribution in [1.82, 2.24) is 9.80 Å². The van der Waals surface area contributed by atoms with E-state index in [0.29, 0.717) is 18.1 Å². The van der Waals surface area contributed by atoms with Crippen molar-refractivity contribution in [1.29, 1.82) is 0 Å². The summed E-state index contributed by atoms with van der Waals surface area (Å²) in [5.74, 6) is -0.0396. The van der Waals surface area contributed by atoms with Crippen molar-refractivity contribution in [3.05, 3.63) is 0 Å². The molecule has 1 fully saturated rings. The van der Waals surface area contributed by atoms with Gasteiger partial charge in [0.1, 0.15) is 6.04 Å². The second-order valence-electron chi connectivity index (χ2n) is 4.11. The maximum atomic E-state index is 11.6. The molecule has 5 nitrogen and oxygen atoms in total. The van der Waals surface area contributed by atoms with Gasteiger partial charge < -0.3 is 14.9 Å². The molecule has 1 rings (SSSR count). The predicted octanol–water partition coefficient (Wildman–Crippen LogP) is -0.0333. The van der Waals surface area contributed by atoms with E-state index in [0.717, 1.165) is 13.0 Å². The highest BCUT2D eigenvalue weighted by Gasteiger charge is 2.32. The summed E-state index contributed by atoms with van der Waals surface area (Å²) in [5.41, 5.74) is 0. The maximum absolute atomic E-state index is 11.6. The molecule has 92 valence electrons. The van der Waals surface area contributed by atoms with Gasteiger partial charge in [-0.1, -0.05) is 0 Å². The molecule has 0 aromatic rings. The molecule has 6 heteroatoms. The Labute approximate surface area is 99.8 Å². The van der Waals surface area contributed by atoms with Gasteiger partial charge >= 0.3 is 5.97 Å². The third-order valence-corrected chi connectivity index (χ3v) is 3.49. The molecule has 0 spiro atoms. The van der Waals surface area contributed by atoms with Crippen LogP contribution in [-0.4, -0.2) is 71.5 Å². The summed E-state index contributed by atoms with van der Waals surface area (Å²) in [5, 5.41) is 9.02. The standard InChI is InChI=1S/C10H18N2O3S/c1-11(2)4-3-5-12-8(10(14)15)6-16-7-9(12)13/h8H,3-7H2,1-2H3,(H,14,15). The summed E-state index contributed by atoms with van der Waals surface area (Å²) < 4.78 is 0. The lowest BCUT2D eigenvalue weighted by Gasteiger charge is -2.32. The van der Waals surface area contributed by atoms with Crippen LogP contribution in [0.5, 0.6) is 0 Å². The van der Waals surface area contributed by atoms with Gasteiger partial charge in [0.15, 0.2) is 0 Å². The quantitative estimate of drug-likeness (QED) is 0.738. The van der Waals surface area contributed by atoms with Gasteiger partial charge in [-0.15, -0.1) is 11.8 Å². The van der Waals surface area contributed by atoms with E-state index >= 15 is 0 Å². The molecule has 0 aromatic carbocycles. The van der Waals surface area contributed by atoms with Crippen molar-refractivity contribution in [2.75, 3.05) is 38.7 Å². The van der Waals surface area contributed by atoms with Crippen molar-refractivity contribution in [3.8, 4) is 0 Å². The first-order valence-corrected chi connectivity index (χ1v) is 6.42. The van der Waals surface area contributed by atoms with Crippen LogP contribution in [0.2, 0.25) is 0 Å². The van der Waals surface area contributed by atoms with Crippen LogP contribution in [-0.2, 0) is 9.59 Å². The lowest BCUT2D eigenvalue weighted by atomic mass is 10.2. The minimum absolute atomic E-state index is 0.0533. The van der Waals surface area contributed by atoms with Crippen molar-refractivity contribution in [2.45, 2.75) is 12.5 Å². The zero-order valence-corrected chi connectivity index (χ0v) is 10.5. The molecule has 1 atom stereocenters. The van der Waals surface area contributed by atoms with Crippen LogP contribution in [0.4, 0.5) is 0 Å². The summed E-state index contributed by atoms with van der Waals surface area (Å²) in [6.07, 6.45) is 0.813. The third kappa shape index (κ3) is 3.68. The normalized spacial score (nSPS) is 21.6. The van der Waals surface area contributed by atoms with E-state index in [1.54, 1.807) is 0 Å². The fourth-order valence-corrected chi connectivity index (χ4v) is 2.65. The number of amides is 1. The molecule has 1 aliphatic rings. The summed E-state index contributed by atoms with van der Waals surface area (Å²) in [6.45, 7) is 1.40. The minimum Gasteiger partial charge on any atom is -0.480 e. The SMILES string of the molecule is CN(C)CCCN1C(=O)CSCC1C(=O)O. The van der Waals surface area contributed by atoms with Gasteiger partial charge in [-0.05, 0) is 27.1 Å². The molecule has 1 heterocycles. The largest absolute Gasteiger partial charge is 0.480 e. The Morgan fingerprint density at radius 3 is 2.88 bits per heavy atom. The Morgan fingerprint density at radius 1 is 1.62 bits per heavy atom. The van der Waals surface area contributed by atoms with Gasteiger partial charge in [-0.3, -0.25) is 4.79 Å². The fourth-order valence-electron chi connectivity index (χ4n) is 1.65.